The van der Waals surface area contributed by atoms with E-state index in [0.29, 0.717) is 12.5 Å². The molecule has 1 aliphatic heterocycles. The lowest BCUT2D eigenvalue weighted by molar-refractivity contribution is -0.121. The maximum absolute atomic E-state index is 13.0. The summed E-state index contributed by atoms with van der Waals surface area (Å²) in [6.45, 7) is 7.90. The molecular formula is C18H27FN4O2. The Balaban J connectivity index is 1.68. The lowest BCUT2D eigenvalue weighted by Crippen LogP contribution is -2.51. The van der Waals surface area contributed by atoms with Gasteiger partial charge in [0.05, 0.1) is 6.54 Å². The third-order valence-corrected chi connectivity index (χ3v) is 4.19. The number of nitrogens with zero attached hydrogens (tertiary/aromatic N) is 2. The van der Waals surface area contributed by atoms with E-state index in [9.17, 15) is 14.0 Å². The van der Waals surface area contributed by atoms with Crippen molar-refractivity contribution in [1.29, 1.82) is 0 Å². The fourth-order valence-electron chi connectivity index (χ4n) is 2.70. The number of nitrogens with one attached hydrogen (secondary N) is 2. The number of carbonyl (C=O) groups is 2. The predicted octanol–water partition coefficient (Wildman–Crippen LogP) is 1.82. The first kappa shape index (κ1) is 19.2. The second kappa shape index (κ2) is 9.36. The minimum Gasteiger partial charge on any atom is -0.369 e. The molecule has 138 valence electrons. The summed E-state index contributed by atoms with van der Waals surface area (Å²) in [6.07, 6.45) is 0.882. The summed E-state index contributed by atoms with van der Waals surface area (Å²) in [7, 11) is 0. The highest BCUT2D eigenvalue weighted by atomic mass is 19.1. The predicted molar refractivity (Wildman–Crippen MR) is 96.0 cm³/mol. The Morgan fingerprint density at radius 3 is 2.36 bits per heavy atom. The molecule has 6 nitrogen and oxygen atoms in total. The molecule has 1 fully saturated rings. The van der Waals surface area contributed by atoms with Crippen molar-refractivity contribution in [2.75, 3.05) is 44.2 Å². The molecule has 0 unspecified atom stereocenters. The molecule has 0 aliphatic carbocycles. The van der Waals surface area contributed by atoms with E-state index in [1.54, 1.807) is 12.1 Å². The van der Waals surface area contributed by atoms with Gasteiger partial charge in [0.1, 0.15) is 5.82 Å². The van der Waals surface area contributed by atoms with E-state index in [0.717, 1.165) is 38.3 Å². The number of halogens is 1. The van der Waals surface area contributed by atoms with E-state index in [4.69, 9.17) is 0 Å². The van der Waals surface area contributed by atoms with Gasteiger partial charge in [0.2, 0.25) is 5.91 Å². The minimum absolute atomic E-state index is 0.203. The van der Waals surface area contributed by atoms with Crippen LogP contribution in [0.2, 0.25) is 0 Å². The highest BCUT2D eigenvalue weighted by Crippen LogP contribution is 2.16. The third kappa shape index (κ3) is 6.70. The van der Waals surface area contributed by atoms with Gasteiger partial charge >= 0.3 is 6.03 Å². The van der Waals surface area contributed by atoms with Crippen LogP contribution in [0.1, 0.15) is 20.3 Å². The molecule has 0 atom stereocenters. The van der Waals surface area contributed by atoms with Gasteiger partial charge in [-0.25, -0.2) is 9.18 Å². The van der Waals surface area contributed by atoms with E-state index in [-0.39, 0.29) is 18.3 Å². The lowest BCUT2D eigenvalue weighted by atomic mass is 10.1. The van der Waals surface area contributed by atoms with E-state index < -0.39 is 6.03 Å². The third-order valence-electron chi connectivity index (χ3n) is 4.19. The highest BCUT2D eigenvalue weighted by Gasteiger charge is 2.20. The van der Waals surface area contributed by atoms with Crippen molar-refractivity contribution in [3.8, 4) is 0 Å². The molecule has 1 aromatic rings. The number of anilines is 1. The monoisotopic (exact) mass is 350 g/mol. The maximum atomic E-state index is 13.0. The quantitative estimate of drug-likeness (QED) is 0.821. The summed E-state index contributed by atoms with van der Waals surface area (Å²) in [5.74, 6) is -0.0311. The Bertz CT molecular complexity index is 569. The molecule has 25 heavy (non-hydrogen) atoms. The van der Waals surface area contributed by atoms with Crippen molar-refractivity contribution in [3.63, 3.8) is 0 Å². The fourth-order valence-corrected chi connectivity index (χ4v) is 2.70. The van der Waals surface area contributed by atoms with Gasteiger partial charge in [-0.15, -0.1) is 0 Å². The van der Waals surface area contributed by atoms with Crippen molar-refractivity contribution >= 4 is 17.6 Å². The number of imide groups is 1. The zero-order valence-electron chi connectivity index (χ0n) is 14.9. The normalized spacial score (nSPS) is 15.3. The zero-order valence-corrected chi connectivity index (χ0v) is 14.9. The average Bonchev–Trinajstić information content (AvgIpc) is 2.56. The second-order valence-corrected chi connectivity index (χ2v) is 6.73. The summed E-state index contributed by atoms with van der Waals surface area (Å²) in [6, 6.07) is 5.99. The first-order chi connectivity index (χ1) is 11.9. The Kier molecular flexibility index (Phi) is 7.18. The molecule has 0 saturated carbocycles. The number of benzene rings is 1. The van der Waals surface area contributed by atoms with Gasteiger partial charge in [0.15, 0.2) is 0 Å². The molecule has 1 heterocycles. The van der Waals surface area contributed by atoms with Crippen molar-refractivity contribution in [1.82, 2.24) is 15.5 Å². The minimum atomic E-state index is -0.435. The van der Waals surface area contributed by atoms with Gasteiger partial charge in [-0.1, -0.05) is 13.8 Å². The summed E-state index contributed by atoms with van der Waals surface area (Å²) in [4.78, 5) is 27.7. The Morgan fingerprint density at radius 1 is 1.12 bits per heavy atom. The van der Waals surface area contributed by atoms with Crippen LogP contribution in [0.3, 0.4) is 0 Å². The highest BCUT2D eigenvalue weighted by molar-refractivity contribution is 5.95. The van der Waals surface area contributed by atoms with Crippen molar-refractivity contribution in [2.45, 2.75) is 20.3 Å². The molecule has 1 saturated heterocycles. The molecule has 0 spiro atoms. The van der Waals surface area contributed by atoms with Crippen LogP contribution in [0.25, 0.3) is 0 Å². The topological polar surface area (TPSA) is 64.7 Å². The molecule has 0 bridgehead atoms. The average molecular weight is 350 g/mol. The van der Waals surface area contributed by atoms with Crippen LogP contribution in [-0.2, 0) is 4.79 Å². The lowest BCUT2D eigenvalue weighted by Gasteiger charge is -2.35. The number of hydrogen-bond acceptors (Lipinski definition) is 4. The van der Waals surface area contributed by atoms with Crippen LogP contribution in [0.4, 0.5) is 14.9 Å². The summed E-state index contributed by atoms with van der Waals surface area (Å²) < 4.78 is 13.0. The molecule has 1 aromatic carbocycles. The van der Waals surface area contributed by atoms with Crippen LogP contribution in [0.5, 0.6) is 0 Å². The van der Waals surface area contributed by atoms with Crippen LogP contribution in [0.15, 0.2) is 24.3 Å². The first-order valence-electron chi connectivity index (χ1n) is 8.74. The van der Waals surface area contributed by atoms with Gasteiger partial charge < -0.3 is 10.2 Å². The number of amides is 3. The summed E-state index contributed by atoms with van der Waals surface area (Å²) in [5, 5.41) is 5.05. The largest absolute Gasteiger partial charge is 0.369 e. The molecule has 0 aromatic heterocycles. The van der Waals surface area contributed by atoms with Crippen molar-refractivity contribution < 1.29 is 14.0 Å². The molecular weight excluding hydrogens is 323 g/mol. The molecule has 0 radical (unpaired) electrons. The van der Waals surface area contributed by atoms with Crippen molar-refractivity contribution in [2.24, 2.45) is 5.92 Å². The molecule has 7 heteroatoms. The Hall–Kier alpha value is -2.15. The van der Waals surface area contributed by atoms with Crippen LogP contribution < -0.4 is 15.5 Å². The molecule has 1 aliphatic rings. The number of urea groups is 1. The smallest absolute Gasteiger partial charge is 0.321 e. The van der Waals surface area contributed by atoms with E-state index in [2.05, 4.69) is 29.4 Å². The van der Waals surface area contributed by atoms with Gasteiger partial charge in [-0.05, 0) is 36.6 Å². The molecule has 2 N–H and O–H groups in total. The second-order valence-electron chi connectivity index (χ2n) is 6.73. The van der Waals surface area contributed by atoms with Gasteiger partial charge in [-0.3, -0.25) is 15.0 Å². The van der Waals surface area contributed by atoms with Crippen LogP contribution in [-0.4, -0.2) is 56.1 Å². The van der Waals surface area contributed by atoms with E-state index in [1.165, 1.54) is 12.1 Å². The fraction of sp³-hybridized carbons (Fsp3) is 0.556. The van der Waals surface area contributed by atoms with Crippen LogP contribution >= 0.6 is 0 Å². The SMILES string of the molecule is CC(C)CCNC(=O)NC(=O)CN1CCN(c2ccc(F)cc2)CC1. The van der Waals surface area contributed by atoms with E-state index >= 15 is 0 Å². The van der Waals surface area contributed by atoms with Gasteiger partial charge in [0.25, 0.3) is 0 Å². The Morgan fingerprint density at radius 2 is 1.76 bits per heavy atom. The zero-order chi connectivity index (χ0) is 18.2. The van der Waals surface area contributed by atoms with E-state index in [1.807, 2.05) is 4.90 Å². The summed E-state index contributed by atoms with van der Waals surface area (Å²) >= 11 is 0. The summed E-state index contributed by atoms with van der Waals surface area (Å²) in [5.41, 5.74) is 0.982. The van der Waals surface area contributed by atoms with Gasteiger partial charge in [-0.2, -0.15) is 0 Å². The standard InChI is InChI=1S/C18H27FN4O2/c1-14(2)7-8-20-18(25)21-17(24)13-22-9-11-23(12-10-22)16-5-3-15(19)4-6-16/h3-6,14H,7-13H2,1-2H3,(H2,20,21,24,25). The number of carbonyl (C=O) groups excluding carboxylic acids is 2. The number of piperazine rings is 1. The van der Waals surface area contributed by atoms with Gasteiger partial charge in [0, 0.05) is 38.4 Å². The molecule has 2 rings (SSSR count). The van der Waals surface area contributed by atoms with Crippen molar-refractivity contribution in [3.05, 3.63) is 30.1 Å². The number of hydrogen-bond donors (Lipinski definition) is 2. The molecule has 3 amide bonds. The Labute approximate surface area is 148 Å². The number of rotatable bonds is 6. The maximum Gasteiger partial charge on any atom is 0.321 e. The van der Waals surface area contributed by atoms with Crippen LogP contribution in [0, 0.1) is 11.7 Å². The first-order valence-corrected chi connectivity index (χ1v) is 8.74.